The first-order valence-corrected chi connectivity index (χ1v) is 7.59. The van der Waals surface area contributed by atoms with Crippen LogP contribution in [0, 0.1) is 5.92 Å². The van der Waals surface area contributed by atoms with Crippen molar-refractivity contribution in [1.82, 2.24) is 0 Å². The minimum Gasteiger partial charge on any atom is -0.466 e. The molecular formula is C17H30O2. The molecule has 0 atom stereocenters. The van der Waals surface area contributed by atoms with E-state index in [1.54, 1.807) is 0 Å². The third-order valence-electron chi connectivity index (χ3n) is 2.81. The molecule has 0 aliphatic heterocycles. The van der Waals surface area contributed by atoms with E-state index in [2.05, 4.69) is 38.2 Å². The number of unbranched alkanes of at least 4 members (excludes halogenated alkanes) is 6. The van der Waals surface area contributed by atoms with E-state index in [-0.39, 0.29) is 5.97 Å². The zero-order valence-corrected chi connectivity index (χ0v) is 12.9. The van der Waals surface area contributed by atoms with Crippen molar-refractivity contribution in [2.75, 3.05) is 6.61 Å². The molecule has 0 aromatic rings. The van der Waals surface area contributed by atoms with E-state index in [0.717, 1.165) is 6.42 Å². The summed E-state index contributed by atoms with van der Waals surface area (Å²) in [5.74, 6) is 0.468. The van der Waals surface area contributed by atoms with E-state index < -0.39 is 0 Å². The molecule has 2 nitrogen and oxygen atoms in total. The molecule has 0 unspecified atom stereocenters. The molecule has 0 saturated heterocycles. The van der Waals surface area contributed by atoms with Crippen molar-refractivity contribution in [2.24, 2.45) is 5.92 Å². The largest absolute Gasteiger partial charge is 0.466 e. The van der Waals surface area contributed by atoms with Gasteiger partial charge in [0.2, 0.25) is 0 Å². The van der Waals surface area contributed by atoms with Gasteiger partial charge in [-0.1, -0.05) is 63.8 Å². The van der Waals surface area contributed by atoms with Gasteiger partial charge < -0.3 is 4.74 Å². The summed E-state index contributed by atoms with van der Waals surface area (Å²) >= 11 is 0. The van der Waals surface area contributed by atoms with Gasteiger partial charge in [0.25, 0.3) is 0 Å². The summed E-state index contributed by atoms with van der Waals surface area (Å²) in [7, 11) is 0. The number of allylic oxidation sites excluding steroid dienone is 4. The number of carbonyl (C=O) groups excluding carboxylic acids is 1. The van der Waals surface area contributed by atoms with Gasteiger partial charge in [-0.3, -0.25) is 4.79 Å². The molecule has 110 valence electrons. The molecule has 2 heteroatoms. The van der Waals surface area contributed by atoms with Crippen LogP contribution in [0.5, 0.6) is 0 Å². The van der Waals surface area contributed by atoms with Crippen LogP contribution in [0.2, 0.25) is 0 Å². The summed E-state index contributed by atoms with van der Waals surface area (Å²) < 4.78 is 4.89. The molecule has 0 aliphatic carbocycles. The maximum atomic E-state index is 10.5. The van der Waals surface area contributed by atoms with Crippen LogP contribution in [-0.2, 0) is 9.53 Å². The van der Waals surface area contributed by atoms with Gasteiger partial charge >= 0.3 is 5.97 Å². The van der Waals surface area contributed by atoms with Gasteiger partial charge in [0.15, 0.2) is 0 Å². The van der Waals surface area contributed by atoms with Gasteiger partial charge in [0, 0.05) is 6.92 Å². The van der Waals surface area contributed by atoms with Gasteiger partial charge in [-0.15, -0.1) is 0 Å². The van der Waals surface area contributed by atoms with Crippen LogP contribution in [0.1, 0.15) is 65.7 Å². The monoisotopic (exact) mass is 266 g/mol. The Balaban J connectivity index is 3.17. The Kier molecular flexibility index (Phi) is 12.6. The first-order chi connectivity index (χ1) is 9.13. The van der Waals surface area contributed by atoms with Crippen molar-refractivity contribution in [3.8, 4) is 0 Å². The highest BCUT2D eigenvalue weighted by atomic mass is 16.5. The van der Waals surface area contributed by atoms with Crippen molar-refractivity contribution in [3.63, 3.8) is 0 Å². The maximum Gasteiger partial charge on any atom is 0.302 e. The number of carbonyl (C=O) groups is 1. The first-order valence-electron chi connectivity index (χ1n) is 7.59. The molecule has 0 saturated carbocycles. The molecule has 0 radical (unpaired) electrons. The van der Waals surface area contributed by atoms with Crippen molar-refractivity contribution >= 4 is 5.97 Å². The molecule has 19 heavy (non-hydrogen) atoms. The highest BCUT2D eigenvalue weighted by Gasteiger charge is 1.93. The number of rotatable bonds is 11. The Labute approximate surface area is 118 Å². The normalized spacial score (nSPS) is 11.8. The minimum atomic E-state index is -0.168. The number of hydrogen-bond donors (Lipinski definition) is 0. The average Bonchev–Trinajstić information content (AvgIpc) is 2.34. The van der Waals surface area contributed by atoms with Crippen LogP contribution in [0.25, 0.3) is 0 Å². The maximum absolute atomic E-state index is 10.5. The molecule has 0 heterocycles. The van der Waals surface area contributed by atoms with E-state index >= 15 is 0 Å². The summed E-state index contributed by atoms with van der Waals surface area (Å²) in [5.41, 5.74) is 0. The van der Waals surface area contributed by atoms with Crippen LogP contribution < -0.4 is 0 Å². The van der Waals surface area contributed by atoms with E-state index in [1.165, 1.54) is 45.4 Å². The third kappa shape index (κ3) is 16.9. The molecule has 0 N–H and O–H groups in total. The zero-order chi connectivity index (χ0) is 14.3. The lowest BCUT2D eigenvalue weighted by Crippen LogP contribution is -1.99. The van der Waals surface area contributed by atoms with E-state index in [0.29, 0.717) is 12.5 Å². The summed E-state index contributed by atoms with van der Waals surface area (Å²) in [4.78, 5) is 10.5. The van der Waals surface area contributed by atoms with Crippen LogP contribution in [0.4, 0.5) is 0 Å². The lowest BCUT2D eigenvalue weighted by molar-refractivity contribution is -0.141. The number of hydrogen-bond acceptors (Lipinski definition) is 2. The van der Waals surface area contributed by atoms with Crippen LogP contribution in [-0.4, -0.2) is 12.6 Å². The number of esters is 1. The second kappa shape index (κ2) is 13.4. The van der Waals surface area contributed by atoms with Gasteiger partial charge in [-0.25, -0.2) is 0 Å². The topological polar surface area (TPSA) is 26.3 Å². The predicted octanol–water partition coefficient (Wildman–Crippen LogP) is 5.05. The Morgan fingerprint density at radius 2 is 1.63 bits per heavy atom. The summed E-state index contributed by atoms with van der Waals surface area (Å²) in [5, 5.41) is 0. The molecular weight excluding hydrogens is 236 g/mol. The Morgan fingerprint density at radius 1 is 1.00 bits per heavy atom. The van der Waals surface area contributed by atoms with Crippen molar-refractivity contribution in [1.29, 1.82) is 0 Å². The van der Waals surface area contributed by atoms with Gasteiger partial charge in [-0.05, 0) is 25.2 Å². The summed E-state index contributed by atoms with van der Waals surface area (Å²) in [6.45, 7) is 6.42. The smallest absolute Gasteiger partial charge is 0.302 e. The van der Waals surface area contributed by atoms with Gasteiger partial charge in [-0.2, -0.15) is 0 Å². The van der Waals surface area contributed by atoms with E-state index in [4.69, 9.17) is 4.74 Å². The van der Waals surface area contributed by atoms with Crippen molar-refractivity contribution in [3.05, 3.63) is 24.3 Å². The lowest BCUT2D eigenvalue weighted by atomic mass is 10.1. The highest BCUT2D eigenvalue weighted by molar-refractivity contribution is 5.65. The third-order valence-corrected chi connectivity index (χ3v) is 2.81. The highest BCUT2D eigenvalue weighted by Crippen LogP contribution is 2.07. The molecule has 0 spiro atoms. The molecule has 0 amide bonds. The van der Waals surface area contributed by atoms with Crippen LogP contribution in [0.15, 0.2) is 24.3 Å². The van der Waals surface area contributed by atoms with Gasteiger partial charge in [0.05, 0.1) is 6.61 Å². The fourth-order valence-corrected chi connectivity index (χ4v) is 1.75. The second-order valence-electron chi connectivity index (χ2n) is 5.31. The standard InChI is InChI=1S/C17H30O2/c1-16(2)14-12-10-8-6-4-5-7-9-11-13-15-19-17(3)18/h8,10,12,14,16H,4-7,9,11,13,15H2,1-3H3/b10-8+,14-12+. The minimum absolute atomic E-state index is 0.168. The second-order valence-corrected chi connectivity index (χ2v) is 5.31. The van der Waals surface area contributed by atoms with Crippen molar-refractivity contribution in [2.45, 2.75) is 65.7 Å². The Bertz CT molecular complexity index is 264. The first kappa shape index (κ1) is 17.9. The Morgan fingerprint density at radius 3 is 2.26 bits per heavy atom. The predicted molar refractivity (Wildman–Crippen MR) is 82.1 cm³/mol. The fraction of sp³-hybridized carbons (Fsp3) is 0.706. The van der Waals surface area contributed by atoms with Gasteiger partial charge in [0.1, 0.15) is 0 Å². The zero-order valence-electron chi connectivity index (χ0n) is 12.9. The van der Waals surface area contributed by atoms with Crippen LogP contribution in [0.3, 0.4) is 0 Å². The van der Waals surface area contributed by atoms with Crippen molar-refractivity contribution < 1.29 is 9.53 Å². The fourth-order valence-electron chi connectivity index (χ4n) is 1.75. The molecule has 0 fully saturated rings. The quantitative estimate of drug-likeness (QED) is 0.297. The molecule has 0 aromatic carbocycles. The Hall–Kier alpha value is -1.05. The lowest BCUT2D eigenvalue weighted by Gasteiger charge is -2.01. The summed E-state index contributed by atoms with van der Waals surface area (Å²) in [6.07, 6.45) is 17.2. The summed E-state index contributed by atoms with van der Waals surface area (Å²) in [6, 6.07) is 0. The SMILES string of the molecule is CC(=O)OCCCCCCCC/C=C/C=C/C(C)C. The molecule has 0 aliphatic rings. The van der Waals surface area contributed by atoms with Crippen LogP contribution >= 0.6 is 0 Å². The van der Waals surface area contributed by atoms with E-state index in [1.807, 2.05) is 0 Å². The molecule has 0 aromatic heterocycles. The molecule has 0 rings (SSSR count). The molecule has 0 bridgehead atoms. The average molecular weight is 266 g/mol. The number of ether oxygens (including phenoxy) is 1. The van der Waals surface area contributed by atoms with E-state index in [9.17, 15) is 4.79 Å².